The topological polar surface area (TPSA) is 137 Å². The van der Waals surface area contributed by atoms with E-state index in [-0.39, 0.29) is 13.0 Å². The molecule has 2 fully saturated rings. The van der Waals surface area contributed by atoms with E-state index in [0.717, 1.165) is 36.4 Å². The van der Waals surface area contributed by atoms with Crippen LogP contribution in [0.25, 0.3) is 11.0 Å². The highest BCUT2D eigenvalue weighted by Crippen LogP contribution is 2.34. The smallest absolute Gasteiger partial charge is 0.321 e. The van der Waals surface area contributed by atoms with E-state index >= 15 is 0 Å². The Morgan fingerprint density at radius 2 is 1.95 bits per heavy atom. The second kappa shape index (κ2) is 12.4. The summed E-state index contributed by atoms with van der Waals surface area (Å²) < 4.78 is 11.7. The van der Waals surface area contributed by atoms with Gasteiger partial charge in [-0.2, -0.15) is 0 Å². The largest absolute Gasteiger partial charge is 0.530 e. The normalized spacial score (nSPS) is 20.6. The van der Waals surface area contributed by atoms with E-state index in [1.54, 1.807) is 12.0 Å². The molecule has 2 aromatic rings. The maximum atomic E-state index is 12.1. The molecule has 3 atom stereocenters. The number of aryl methyl sites for hydroxylation is 1. The average Bonchev–Trinajstić information content (AvgIpc) is 3.61. The quantitative estimate of drug-likeness (QED) is 0.366. The maximum Gasteiger partial charge on any atom is 0.321 e. The van der Waals surface area contributed by atoms with Crippen molar-refractivity contribution in [2.75, 3.05) is 20.2 Å². The number of amides is 1. The summed E-state index contributed by atoms with van der Waals surface area (Å²) in [6.45, 7) is 6.27. The van der Waals surface area contributed by atoms with Crippen LogP contribution in [0.15, 0.2) is 18.2 Å². The first-order valence-corrected chi connectivity index (χ1v) is 14.0. The number of carboxylic acid groups (broad SMARTS) is 2. The van der Waals surface area contributed by atoms with E-state index in [0.29, 0.717) is 23.7 Å². The van der Waals surface area contributed by atoms with Crippen LogP contribution in [0.2, 0.25) is 0 Å². The Kier molecular flexibility index (Phi) is 9.15. The molecular weight excluding hydrogens is 500 g/mol. The van der Waals surface area contributed by atoms with Gasteiger partial charge in [0.2, 0.25) is 5.88 Å². The zero-order chi connectivity index (χ0) is 28.2. The number of methoxy groups -OCH3 is 1. The van der Waals surface area contributed by atoms with Crippen molar-refractivity contribution in [1.29, 1.82) is 0 Å². The summed E-state index contributed by atoms with van der Waals surface area (Å²) in [4.78, 5) is 34.9. The predicted molar refractivity (Wildman–Crippen MR) is 145 cm³/mol. The third-order valence-corrected chi connectivity index (χ3v) is 7.81. The molecule has 214 valence electrons. The number of aliphatic carboxylic acids is 1. The lowest BCUT2D eigenvalue weighted by Crippen LogP contribution is -2.55. The standard InChI is InChI=1S/C29H42N4O6/c1-29(2,3)25(32-28(36)37)17-33-16-20(15-24(33)27(34)35)39-26-22(9-7-5-6-8-18-10-11-18)30-21-13-12-19(38-4)14-23(21)31-26/h12-14,18,20,24-25,32H,5-11,15-17H2,1-4H3,(H,34,35)(H,36,37)/p-1/t20-,24+,25?/m1/s1. The average molecular weight is 542 g/mol. The number of ether oxygens (including phenoxy) is 2. The number of fused-ring (bicyclic) bond motifs is 1. The van der Waals surface area contributed by atoms with Crippen LogP contribution in [-0.2, 0) is 11.2 Å². The van der Waals surface area contributed by atoms with Crippen molar-refractivity contribution in [2.45, 2.75) is 90.3 Å². The molecule has 1 aromatic heterocycles. The summed E-state index contributed by atoms with van der Waals surface area (Å²) in [5, 5.41) is 23.7. The summed E-state index contributed by atoms with van der Waals surface area (Å²) in [6, 6.07) is 4.24. The van der Waals surface area contributed by atoms with Crippen molar-refractivity contribution < 1.29 is 29.3 Å². The number of nitrogens with one attached hydrogen (secondary N) is 1. The summed E-state index contributed by atoms with van der Waals surface area (Å²) in [5.74, 6) is 1.05. The van der Waals surface area contributed by atoms with Crippen LogP contribution < -0.4 is 19.9 Å². The number of benzene rings is 1. The summed E-state index contributed by atoms with van der Waals surface area (Å²) in [6.07, 6.45) is 6.53. The first kappa shape index (κ1) is 28.9. The van der Waals surface area contributed by atoms with Crippen LogP contribution in [-0.4, -0.2) is 70.4 Å². The van der Waals surface area contributed by atoms with Gasteiger partial charge in [-0.15, -0.1) is 0 Å². The molecule has 10 heteroatoms. The molecule has 2 N–H and O–H groups in total. The number of hydrogen-bond acceptors (Lipinski definition) is 8. The van der Waals surface area contributed by atoms with Gasteiger partial charge in [0.15, 0.2) is 0 Å². The third-order valence-electron chi connectivity index (χ3n) is 7.81. The van der Waals surface area contributed by atoms with Crippen LogP contribution in [0.1, 0.15) is 71.4 Å². The molecule has 39 heavy (non-hydrogen) atoms. The summed E-state index contributed by atoms with van der Waals surface area (Å²) in [5.41, 5.74) is 1.75. The highest BCUT2D eigenvalue weighted by Gasteiger charge is 2.41. The number of aromatic nitrogens is 2. The fourth-order valence-electron chi connectivity index (χ4n) is 5.22. The number of likely N-dealkylation sites (tertiary alicyclic amines) is 1. The molecule has 2 heterocycles. The highest BCUT2D eigenvalue weighted by atomic mass is 16.5. The lowest BCUT2D eigenvalue weighted by Gasteiger charge is -2.36. The van der Waals surface area contributed by atoms with Crippen LogP contribution >= 0.6 is 0 Å². The summed E-state index contributed by atoms with van der Waals surface area (Å²) >= 11 is 0. The molecular formula is C29H41N4O6-. The lowest BCUT2D eigenvalue weighted by molar-refractivity contribution is -0.252. The van der Waals surface area contributed by atoms with Crippen molar-refractivity contribution in [3.05, 3.63) is 23.9 Å². The molecule has 1 aliphatic carbocycles. The molecule has 0 spiro atoms. The van der Waals surface area contributed by atoms with Gasteiger partial charge in [-0.25, -0.2) is 9.97 Å². The molecule has 4 rings (SSSR count). The van der Waals surface area contributed by atoms with Crippen LogP contribution in [0.4, 0.5) is 4.79 Å². The Morgan fingerprint density at radius 3 is 2.59 bits per heavy atom. The summed E-state index contributed by atoms with van der Waals surface area (Å²) in [7, 11) is 1.60. The van der Waals surface area contributed by atoms with Crippen LogP contribution in [0.5, 0.6) is 11.6 Å². The number of carbonyl (C=O) groups is 2. The van der Waals surface area contributed by atoms with Gasteiger partial charge in [0.1, 0.15) is 29.7 Å². The van der Waals surface area contributed by atoms with E-state index in [1.165, 1.54) is 25.7 Å². The predicted octanol–water partition coefficient (Wildman–Crippen LogP) is 3.41. The van der Waals surface area contributed by atoms with Crippen molar-refractivity contribution in [3.63, 3.8) is 0 Å². The molecule has 0 bridgehead atoms. The van der Waals surface area contributed by atoms with Crippen molar-refractivity contribution in [3.8, 4) is 11.6 Å². The van der Waals surface area contributed by atoms with Crippen LogP contribution in [0.3, 0.4) is 0 Å². The van der Waals surface area contributed by atoms with Gasteiger partial charge in [0.25, 0.3) is 0 Å². The molecule has 10 nitrogen and oxygen atoms in total. The number of hydrogen-bond donors (Lipinski definition) is 2. The lowest BCUT2D eigenvalue weighted by atomic mass is 9.86. The van der Waals surface area contributed by atoms with E-state index in [2.05, 4.69) is 5.32 Å². The number of rotatable bonds is 13. The zero-order valence-corrected chi connectivity index (χ0v) is 23.4. The molecule has 1 unspecified atom stereocenters. The monoisotopic (exact) mass is 541 g/mol. The minimum atomic E-state index is -1.38. The molecule has 1 amide bonds. The molecule has 1 saturated heterocycles. The van der Waals surface area contributed by atoms with E-state index in [9.17, 15) is 19.8 Å². The van der Waals surface area contributed by atoms with Gasteiger partial charge in [-0.3, -0.25) is 9.69 Å². The molecule has 1 aliphatic heterocycles. The maximum absolute atomic E-state index is 12.1. The Morgan fingerprint density at radius 1 is 1.18 bits per heavy atom. The first-order chi connectivity index (χ1) is 18.5. The fourth-order valence-corrected chi connectivity index (χ4v) is 5.22. The number of unbranched alkanes of at least 4 members (excludes halogenated alkanes) is 2. The second-order valence-corrected chi connectivity index (χ2v) is 12.0. The van der Waals surface area contributed by atoms with Gasteiger partial charge >= 0.3 is 5.97 Å². The minimum absolute atomic E-state index is 0.225. The Bertz CT molecular complexity index is 1160. The Labute approximate surface area is 230 Å². The highest BCUT2D eigenvalue weighted by molar-refractivity contribution is 5.77. The van der Waals surface area contributed by atoms with Crippen molar-refractivity contribution in [2.24, 2.45) is 11.3 Å². The fraction of sp³-hybridized carbons (Fsp3) is 0.655. The van der Waals surface area contributed by atoms with E-state index < -0.39 is 35.7 Å². The molecule has 0 radical (unpaired) electrons. The molecule has 1 saturated carbocycles. The Balaban J connectivity index is 1.51. The number of nitrogens with zero attached hydrogens (tertiary/aromatic N) is 3. The molecule has 1 aromatic carbocycles. The van der Waals surface area contributed by atoms with Gasteiger partial charge in [-0.1, -0.05) is 52.9 Å². The minimum Gasteiger partial charge on any atom is -0.530 e. The Hall–Kier alpha value is -3.14. The van der Waals surface area contributed by atoms with Gasteiger partial charge in [-0.05, 0) is 36.3 Å². The second-order valence-electron chi connectivity index (χ2n) is 12.0. The van der Waals surface area contributed by atoms with Gasteiger partial charge in [0.05, 0.1) is 18.1 Å². The molecule has 2 aliphatic rings. The van der Waals surface area contributed by atoms with Gasteiger partial charge < -0.3 is 29.8 Å². The SMILES string of the molecule is COc1ccc2nc(CCCCCC3CC3)c(O[C@@H]3C[C@@H](C(=O)O)N(CC(NC(=O)[O-])C(C)(C)C)C3)nc2c1. The van der Waals surface area contributed by atoms with E-state index in [1.807, 2.05) is 39.0 Å². The van der Waals surface area contributed by atoms with E-state index in [4.69, 9.17) is 19.4 Å². The van der Waals surface area contributed by atoms with Crippen molar-refractivity contribution in [1.82, 2.24) is 20.2 Å². The number of carboxylic acids is 1. The number of carbonyl (C=O) groups excluding carboxylic acids is 1. The van der Waals surface area contributed by atoms with Gasteiger partial charge in [0, 0.05) is 31.6 Å². The van der Waals surface area contributed by atoms with Crippen LogP contribution in [0, 0.1) is 11.3 Å². The third kappa shape index (κ3) is 7.94. The zero-order valence-electron chi connectivity index (χ0n) is 23.4. The first-order valence-electron chi connectivity index (χ1n) is 14.0. The van der Waals surface area contributed by atoms with Crippen molar-refractivity contribution >= 4 is 23.1 Å².